The lowest BCUT2D eigenvalue weighted by molar-refractivity contribution is -0.159. The van der Waals surface area contributed by atoms with Crippen LogP contribution in [0.4, 0.5) is 4.79 Å². The number of carbonyl (C=O) groups is 4. The molecule has 0 rings (SSSR count). The molecule has 0 aliphatic rings. The Hall–Kier alpha value is -4.38. The average molecular weight is 528 g/mol. The van der Waals surface area contributed by atoms with Crippen molar-refractivity contribution in [1.29, 1.82) is 0 Å². The van der Waals surface area contributed by atoms with Gasteiger partial charge in [-0.25, -0.2) is 38.8 Å². The van der Waals surface area contributed by atoms with Crippen LogP contribution in [0.3, 0.4) is 0 Å². The van der Waals surface area contributed by atoms with Crippen molar-refractivity contribution in [1.82, 2.24) is 0 Å². The van der Waals surface area contributed by atoms with Crippen LogP contribution in [0.2, 0.25) is 0 Å². The van der Waals surface area contributed by atoms with E-state index in [1.54, 1.807) is 0 Å². The first-order valence-electron chi connectivity index (χ1n) is 10.6. The van der Waals surface area contributed by atoms with E-state index >= 15 is 0 Å². The number of carbonyl (C=O) groups excluding carboxylic acids is 5. The summed E-state index contributed by atoms with van der Waals surface area (Å²) in [5, 5.41) is 16.7. The van der Waals surface area contributed by atoms with Crippen LogP contribution in [-0.2, 0) is 38.2 Å². The summed E-state index contributed by atoms with van der Waals surface area (Å²) in [4.78, 5) is 68.1. The number of hydrogen-bond donors (Lipinski definition) is 3. The van der Waals surface area contributed by atoms with E-state index in [-0.39, 0.29) is 19.8 Å². The number of hydrogen-bond acceptors (Lipinski definition) is 12. The zero-order valence-corrected chi connectivity index (χ0v) is 20.5. The normalized spacial score (nSPS) is 9.11. The molecule has 0 bridgehead atoms. The highest BCUT2D eigenvalue weighted by Gasteiger charge is 2.35. The SMILES string of the molecule is C=CC(=O)OCC(CO)(COC(=O)C=C)COC(=O)C=C.NC(=O)O.O=C=NCCCCCCN=C=O. The average Bonchev–Trinajstić information content (AvgIpc) is 2.89. The van der Waals surface area contributed by atoms with Gasteiger partial charge in [-0.1, -0.05) is 32.6 Å². The number of unbranched alkanes of at least 4 members (excludes halogenated alkanes) is 3. The highest BCUT2D eigenvalue weighted by Crippen LogP contribution is 2.19. The predicted molar refractivity (Wildman–Crippen MR) is 130 cm³/mol. The summed E-state index contributed by atoms with van der Waals surface area (Å²) in [6, 6.07) is 0. The number of nitrogens with two attached hydrogens (primary N) is 1. The molecule has 0 atom stereocenters. The second-order valence-corrected chi connectivity index (χ2v) is 6.79. The third kappa shape index (κ3) is 27.7. The molecule has 1 amide bonds. The van der Waals surface area contributed by atoms with E-state index in [1.165, 1.54) is 12.2 Å². The molecular formula is C23H33N3O11. The monoisotopic (exact) mass is 527 g/mol. The van der Waals surface area contributed by atoms with Crippen molar-refractivity contribution in [2.24, 2.45) is 21.1 Å². The highest BCUT2D eigenvalue weighted by molar-refractivity contribution is 5.82. The van der Waals surface area contributed by atoms with Crippen LogP contribution < -0.4 is 5.73 Å². The van der Waals surface area contributed by atoms with Crippen LogP contribution in [0.15, 0.2) is 47.9 Å². The van der Waals surface area contributed by atoms with Gasteiger partial charge in [0.2, 0.25) is 12.2 Å². The van der Waals surface area contributed by atoms with Crippen LogP contribution >= 0.6 is 0 Å². The molecule has 37 heavy (non-hydrogen) atoms. The number of rotatable bonds is 17. The Kier molecular flexibility index (Phi) is 26.4. The highest BCUT2D eigenvalue weighted by atomic mass is 16.6. The fourth-order valence-electron chi connectivity index (χ4n) is 1.94. The number of ether oxygens (including phenoxy) is 3. The molecule has 14 heteroatoms. The number of aliphatic hydroxyl groups is 1. The summed E-state index contributed by atoms with van der Waals surface area (Å²) in [6.45, 7) is 9.26. The third-order valence-electron chi connectivity index (χ3n) is 3.82. The summed E-state index contributed by atoms with van der Waals surface area (Å²) in [6.07, 6.45) is 8.28. The maximum absolute atomic E-state index is 11.1. The molecule has 4 N–H and O–H groups in total. The zero-order valence-electron chi connectivity index (χ0n) is 20.5. The fourth-order valence-corrected chi connectivity index (χ4v) is 1.94. The molecule has 0 aromatic carbocycles. The predicted octanol–water partition coefficient (Wildman–Crippen LogP) is 0.994. The maximum Gasteiger partial charge on any atom is 0.402 e. The minimum Gasteiger partial charge on any atom is -0.465 e. The summed E-state index contributed by atoms with van der Waals surface area (Å²) in [7, 11) is 0. The van der Waals surface area contributed by atoms with Crippen molar-refractivity contribution in [2.45, 2.75) is 25.7 Å². The van der Waals surface area contributed by atoms with Crippen LogP contribution in [0.5, 0.6) is 0 Å². The minimum atomic E-state index is -1.33. The quantitative estimate of drug-likeness (QED) is 0.0604. The number of amides is 1. The summed E-state index contributed by atoms with van der Waals surface area (Å²) >= 11 is 0. The third-order valence-corrected chi connectivity index (χ3v) is 3.82. The van der Waals surface area contributed by atoms with Gasteiger partial charge in [0, 0.05) is 18.2 Å². The van der Waals surface area contributed by atoms with Crippen LogP contribution in [0, 0.1) is 5.41 Å². The Balaban J connectivity index is -0.000000606. The number of primary amides is 1. The molecule has 0 aromatic rings. The van der Waals surface area contributed by atoms with Crippen molar-refractivity contribution >= 4 is 36.2 Å². The maximum atomic E-state index is 11.1. The molecule has 14 nitrogen and oxygen atoms in total. The molecule has 0 fully saturated rings. The molecule has 0 aromatic heterocycles. The number of aliphatic hydroxyl groups excluding tert-OH is 1. The van der Waals surface area contributed by atoms with Crippen molar-refractivity contribution in [3.05, 3.63) is 38.0 Å². The van der Waals surface area contributed by atoms with E-state index in [0.717, 1.165) is 43.9 Å². The van der Waals surface area contributed by atoms with Crippen molar-refractivity contribution < 1.29 is 53.2 Å². The van der Waals surface area contributed by atoms with Crippen LogP contribution in [-0.4, -0.2) is 85.9 Å². The van der Waals surface area contributed by atoms with E-state index in [4.69, 9.17) is 24.1 Å². The van der Waals surface area contributed by atoms with Crippen LogP contribution in [0.25, 0.3) is 0 Å². The van der Waals surface area contributed by atoms with Gasteiger partial charge in [-0.2, -0.15) is 0 Å². The zero-order chi connectivity index (χ0) is 29.0. The summed E-state index contributed by atoms with van der Waals surface area (Å²) in [5.74, 6) is -2.17. The van der Waals surface area contributed by atoms with E-state index in [9.17, 15) is 29.1 Å². The van der Waals surface area contributed by atoms with E-state index < -0.39 is 36.0 Å². The van der Waals surface area contributed by atoms with E-state index in [0.29, 0.717) is 13.1 Å². The number of esters is 3. The Labute approximate surface area is 214 Å². The smallest absolute Gasteiger partial charge is 0.402 e. The summed E-state index contributed by atoms with van der Waals surface area (Å²) < 4.78 is 14.5. The molecular weight excluding hydrogens is 494 g/mol. The van der Waals surface area contributed by atoms with Crippen molar-refractivity contribution in [2.75, 3.05) is 39.5 Å². The lowest BCUT2D eigenvalue weighted by atomic mass is 9.92. The first-order chi connectivity index (χ1) is 17.6. The first kappa shape index (κ1) is 37.2. The number of nitrogens with zero attached hydrogens (tertiary/aromatic N) is 2. The fraction of sp³-hybridized carbons (Fsp3) is 0.478. The lowest BCUT2D eigenvalue weighted by Gasteiger charge is -2.29. The largest absolute Gasteiger partial charge is 0.465 e. The molecule has 0 unspecified atom stereocenters. The van der Waals surface area contributed by atoms with Crippen molar-refractivity contribution in [3.63, 3.8) is 0 Å². The molecule has 0 heterocycles. The van der Waals surface area contributed by atoms with Crippen LogP contribution in [0.1, 0.15) is 25.7 Å². The second-order valence-electron chi connectivity index (χ2n) is 6.79. The number of aliphatic imine (C=N–C) groups is 2. The Morgan fingerprint density at radius 1 is 0.757 bits per heavy atom. The molecule has 0 aliphatic carbocycles. The standard InChI is InChI=1S/C14H18O7.C8H12N2O2.CH3NO2/c1-4-11(16)19-8-14(7-15,9-20-12(17)5-2)10-21-13(18)6-3;11-7-9-5-3-1-2-4-6-10-8-12;2-1(3)4/h4-6,15H,1-3,7-10H2;1-6H2;2H2,(H,3,4). The topological polar surface area (TPSA) is 221 Å². The van der Waals surface area contributed by atoms with Gasteiger partial charge in [-0.05, 0) is 12.8 Å². The first-order valence-corrected chi connectivity index (χ1v) is 10.6. The van der Waals surface area contributed by atoms with E-state index in [2.05, 4.69) is 35.5 Å². The lowest BCUT2D eigenvalue weighted by Crippen LogP contribution is -2.42. The van der Waals surface area contributed by atoms with Gasteiger partial charge in [0.1, 0.15) is 19.8 Å². The summed E-state index contributed by atoms with van der Waals surface area (Å²) in [5.41, 5.74) is 2.75. The van der Waals surface area contributed by atoms with Gasteiger partial charge < -0.3 is 30.2 Å². The molecule has 0 aliphatic heterocycles. The van der Waals surface area contributed by atoms with Gasteiger partial charge in [-0.3, -0.25) is 0 Å². The minimum absolute atomic E-state index is 0.330. The van der Waals surface area contributed by atoms with Gasteiger partial charge in [0.05, 0.1) is 25.1 Å². The molecule has 0 saturated heterocycles. The van der Waals surface area contributed by atoms with E-state index in [1.807, 2.05) is 0 Å². The Bertz CT molecular complexity index is 744. The van der Waals surface area contributed by atoms with Crippen molar-refractivity contribution in [3.8, 4) is 0 Å². The number of isocyanates is 2. The Morgan fingerprint density at radius 2 is 1.05 bits per heavy atom. The molecule has 0 spiro atoms. The second kappa shape index (κ2) is 26.2. The number of carboxylic acid groups (broad SMARTS) is 1. The van der Waals surface area contributed by atoms with Gasteiger partial charge in [0.25, 0.3) is 0 Å². The molecule has 0 saturated carbocycles. The van der Waals surface area contributed by atoms with Gasteiger partial charge >= 0.3 is 24.0 Å². The van der Waals surface area contributed by atoms with Gasteiger partial charge in [0.15, 0.2) is 0 Å². The van der Waals surface area contributed by atoms with Gasteiger partial charge in [-0.15, -0.1) is 0 Å². The Morgan fingerprint density at radius 3 is 1.27 bits per heavy atom. The molecule has 206 valence electrons. The molecule has 0 radical (unpaired) electrons.